The van der Waals surface area contributed by atoms with Crippen molar-refractivity contribution in [2.75, 3.05) is 38.0 Å². The minimum Gasteiger partial charge on any atom is -0.331 e. The zero-order valence-electron chi connectivity index (χ0n) is 16.9. The van der Waals surface area contributed by atoms with E-state index < -0.39 is 0 Å². The van der Waals surface area contributed by atoms with Crippen LogP contribution in [-0.2, 0) is 4.79 Å². The molecular weight excluding hydrogens is 400 g/mol. The highest BCUT2D eigenvalue weighted by molar-refractivity contribution is 6.30. The molecule has 2 fully saturated rings. The second kappa shape index (κ2) is 9.49. The SMILES string of the molecule is O=C(CN1CCN(C(=O)NC(c2ccc(Cl)cc2)C2CC2)CC1)Nc1ccccc1. The summed E-state index contributed by atoms with van der Waals surface area (Å²) >= 11 is 6.01. The number of hydrogen-bond acceptors (Lipinski definition) is 3. The standard InChI is InChI=1S/C23H27ClN4O2/c24-19-10-8-18(9-11-19)22(17-6-7-17)26-23(30)28-14-12-27(13-15-28)16-21(29)25-20-4-2-1-3-5-20/h1-5,8-11,17,22H,6-7,12-16H2,(H,25,29)(H,26,30). The summed E-state index contributed by atoms with van der Waals surface area (Å²) in [5.74, 6) is 0.466. The fourth-order valence-electron chi connectivity index (χ4n) is 3.83. The molecule has 2 N–H and O–H groups in total. The van der Waals surface area contributed by atoms with E-state index in [2.05, 4.69) is 15.5 Å². The number of urea groups is 1. The van der Waals surface area contributed by atoms with Gasteiger partial charge < -0.3 is 15.5 Å². The first-order valence-electron chi connectivity index (χ1n) is 10.5. The number of anilines is 1. The number of piperazine rings is 1. The third-order valence-electron chi connectivity index (χ3n) is 5.69. The molecule has 1 unspecified atom stereocenters. The van der Waals surface area contributed by atoms with E-state index >= 15 is 0 Å². The first kappa shape index (κ1) is 20.7. The van der Waals surface area contributed by atoms with Gasteiger partial charge >= 0.3 is 6.03 Å². The van der Waals surface area contributed by atoms with Crippen LogP contribution in [0.1, 0.15) is 24.4 Å². The monoisotopic (exact) mass is 426 g/mol. The zero-order valence-corrected chi connectivity index (χ0v) is 17.6. The Hall–Kier alpha value is -2.57. The van der Waals surface area contributed by atoms with Gasteiger partial charge in [0.05, 0.1) is 12.6 Å². The van der Waals surface area contributed by atoms with Crippen LogP contribution in [0.5, 0.6) is 0 Å². The molecule has 0 bridgehead atoms. The number of nitrogens with zero attached hydrogens (tertiary/aromatic N) is 2. The Morgan fingerprint density at radius 1 is 0.967 bits per heavy atom. The van der Waals surface area contributed by atoms with Crippen LogP contribution >= 0.6 is 11.6 Å². The average Bonchev–Trinajstić information content (AvgIpc) is 3.59. The van der Waals surface area contributed by atoms with E-state index in [1.54, 1.807) is 0 Å². The normalized spacial score (nSPS) is 18.0. The quantitative estimate of drug-likeness (QED) is 0.739. The van der Waals surface area contributed by atoms with E-state index in [9.17, 15) is 9.59 Å². The molecule has 4 rings (SSSR count). The van der Waals surface area contributed by atoms with Crippen molar-refractivity contribution < 1.29 is 9.59 Å². The number of carbonyl (C=O) groups is 2. The Morgan fingerprint density at radius 3 is 2.27 bits per heavy atom. The van der Waals surface area contributed by atoms with E-state index in [-0.39, 0.29) is 18.0 Å². The van der Waals surface area contributed by atoms with Gasteiger partial charge in [0.2, 0.25) is 5.91 Å². The third-order valence-corrected chi connectivity index (χ3v) is 5.94. The fraction of sp³-hybridized carbons (Fsp3) is 0.391. The molecule has 158 valence electrons. The number of nitrogens with one attached hydrogen (secondary N) is 2. The van der Waals surface area contributed by atoms with Crippen LogP contribution in [0.3, 0.4) is 0 Å². The third kappa shape index (κ3) is 5.52. The predicted octanol–water partition coefficient (Wildman–Crippen LogP) is 3.76. The van der Waals surface area contributed by atoms with Crippen molar-refractivity contribution in [3.63, 3.8) is 0 Å². The van der Waals surface area contributed by atoms with E-state index in [1.165, 1.54) is 0 Å². The molecule has 1 heterocycles. The maximum atomic E-state index is 12.8. The van der Waals surface area contributed by atoms with Crippen LogP contribution in [0.15, 0.2) is 54.6 Å². The molecular formula is C23H27ClN4O2. The summed E-state index contributed by atoms with van der Waals surface area (Å²) in [7, 11) is 0. The van der Waals surface area contributed by atoms with Gasteiger partial charge in [-0.2, -0.15) is 0 Å². The van der Waals surface area contributed by atoms with E-state index in [0.717, 1.165) is 24.1 Å². The Bertz CT molecular complexity index is 863. The summed E-state index contributed by atoms with van der Waals surface area (Å²) in [6, 6.07) is 17.2. The van der Waals surface area contributed by atoms with E-state index in [4.69, 9.17) is 11.6 Å². The molecule has 30 heavy (non-hydrogen) atoms. The highest BCUT2D eigenvalue weighted by Gasteiger charge is 2.34. The Labute approximate surface area is 182 Å². The smallest absolute Gasteiger partial charge is 0.317 e. The van der Waals surface area contributed by atoms with Crippen molar-refractivity contribution >= 4 is 29.2 Å². The number of para-hydroxylation sites is 1. The van der Waals surface area contributed by atoms with Crippen LogP contribution in [0.25, 0.3) is 0 Å². The van der Waals surface area contributed by atoms with E-state index in [1.807, 2.05) is 59.5 Å². The molecule has 2 aromatic carbocycles. The second-order valence-electron chi connectivity index (χ2n) is 7.99. The van der Waals surface area contributed by atoms with Crippen LogP contribution < -0.4 is 10.6 Å². The Morgan fingerprint density at radius 2 is 1.63 bits per heavy atom. The number of amides is 3. The highest BCUT2D eigenvalue weighted by Crippen LogP contribution is 2.41. The number of halogens is 1. The van der Waals surface area contributed by atoms with Crippen LogP contribution in [0.2, 0.25) is 5.02 Å². The Balaban J connectivity index is 1.25. The van der Waals surface area contributed by atoms with Crippen LogP contribution in [0, 0.1) is 5.92 Å². The van der Waals surface area contributed by atoms with Crippen molar-refractivity contribution in [1.82, 2.24) is 15.1 Å². The van der Waals surface area contributed by atoms with Gasteiger partial charge in [0, 0.05) is 36.9 Å². The van der Waals surface area contributed by atoms with Gasteiger partial charge in [0.1, 0.15) is 0 Å². The highest BCUT2D eigenvalue weighted by atomic mass is 35.5. The predicted molar refractivity (Wildman–Crippen MR) is 119 cm³/mol. The van der Waals surface area contributed by atoms with E-state index in [0.29, 0.717) is 43.7 Å². The molecule has 0 spiro atoms. The number of carbonyl (C=O) groups excluding carboxylic acids is 2. The summed E-state index contributed by atoms with van der Waals surface area (Å²) in [6.45, 7) is 2.93. The van der Waals surface area contributed by atoms with Crippen LogP contribution in [0.4, 0.5) is 10.5 Å². The molecule has 3 amide bonds. The molecule has 6 nitrogen and oxygen atoms in total. The summed E-state index contributed by atoms with van der Waals surface area (Å²) in [6.07, 6.45) is 2.27. The molecule has 2 aliphatic rings. The lowest BCUT2D eigenvalue weighted by molar-refractivity contribution is -0.117. The number of hydrogen-bond donors (Lipinski definition) is 2. The van der Waals surface area contributed by atoms with Gasteiger partial charge in [-0.25, -0.2) is 4.79 Å². The Kier molecular flexibility index (Phi) is 6.55. The van der Waals surface area contributed by atoms with Gasteiger partial charge in [0.15, 0.2) is 0 Å². The maximum absolute atomic E-state index is 12.8. The van der Waals surface area contributed by atoms with Crippen molar-refractivity contribution in [3.05, 3.63) is 65.2 Å². The minimum absolute atomic E-state index is 0.0318. The number of benzene rings is 2. The van der Waals surface area contributed by atoms with Gasteiger partial charge in [-0.3, -0.25) is 9.69 Å². The summed E-state index contributed by atoms with van der Waals surface area (Å²) in [5, 5.41) is 6.83. The first-order valence-corrected chi connectivity index (χ1v) is 10.8. The summed E-state index contributed by atoms with van der Waals surface area (Å²) in [5.41, 5.74) is 1.90. The minimum atomic E-state index is -0.0322. The maximum Gasteiger partial charge on any atom is 0.317 e. The van der Waals surface area contributed by atoms with Crippen molar-refractivity contribution in [3.8, 4) is 0 Å². The molecule has 1 aliphatic heterocycles. The van der Waals surface area contributed by atoms with Crippen molar-refractivity contribution in [2.24, 2.45) is 5.92 Å². The largest absolute Gasteiger partial charge is 0.331 e. The molecule has 0 radical (unpaired) electrons. The number of rotatable bonds is 6. The lowest BCUT2D eigenvalue weighted by Crippen LogP contribution is -2.53. The molecule has 2 aromatic rings. The van der Waals surface area contributed by atoms with Gasteiger partial charge in [-0.15, -0.1) is 0 Å². The van der Waals surface area contributed by atoms with Crippen molar-refractivity contribution in [1.29, 1.82) is 0 Å². The topological polar surface area (TPSA) is 64.7 Å². The lowest BCUT2D eigenvalue weighted by atomic mass is 10.0. The fourth-order valence-corrected chi connectivity index (χ4v) is 3.96. The summed E-state index contributed by atoms with van der Waals surface area (Å²) < 4.78 is 0. The van der Waals surface area contributed by atoms with Crippen molar-refractivity contribution in [2.45, 2.75) is 18.9 Å². The molecule has 7 heteroatoms. The zero-order chi connectivity index (χ0) is 20.9. The lowest BCUT2D eigenvalue weighted by Gasteiger charge is -2.35. The molecule has 1 aliphatic carbocycles. The molecule has 1 atom stereocenters. The first-order chi connectivity index (χ1) is 14.6. The van der Waals surface area contributed by atoms with Gasteiger partial charge in [0.25, 0.3) is 0 Å². The second-order valence-corrected chi connectivity index (χ2v) is 8.43. The van der Waals surface area contributed by atoms with Gasteiger partial charge in [-0.1, -0.05) is 41.9 Å². The summed E-state index contributed by atoms with van der Waals surface area (Å²) in [4.78, 5) is 29.0. The molecule has 0 aromatic heterocycles. The van der Waals surface area contributed by atoms with Gasteiger partial charge in [-0.05, 0) is 48.6 Å². The molecule has 1 saturated heterocycles. The molecule has 1 saturated carbocycles. The van der Waals surface area contributed by atoms with Crippen LogP contribution in [-0.4, -0.2) is 54.5 Å². The average molecular weight is 427 g/mol.